The summed E-state index contributed by atoms with van der Waals surface area (Å²) in [7, 11) is 0. The average Bonchev–Trinajstić information content (AvgIpc) is 2.69. The molecule has 1 aromatic heterocycles. The van der Waals surface area contributed by atoms with E-state index in [4.69, 9.17) is 9.15 Å². The molecule has 0 fully saturated rings. The number of hydrogen-bond donors (Lipinski definition) is 2. The van der Waals surface area contributed by atoms with Crippen LogP contribution >= 0.6 is 0 Å². The number of allylic oxidation sites excluding steroid dienone is 1. The Bertz CT molecular complexity index is 1150. The van der Waals surface area contributed by atoms with Crippen molar-refractivity contribution < 1.29 is 19.1 Å². The number of carbonyl (C=O) groups excluding carboxylic acids is 1. The highest BCUT2D eigenvalue weighted by atomic mass is 16.5. The van der Waals surface area contributed by atoms with Crippen molar-refractivity contribution in [2.45, 2.75) is 13.3 Å². The summed E-state index contributed by atoms with van der Waals surface area (Å²) in [5.74, 6) is 0.00327. The van der Waals surface area contributed by atoms with Gasteiger partial charge in [0.05, 0.1) is 6.21 Å². The molecule has 3 aromatic rings. The second kappa shape index (κ2) is 8.88. The second-order valence-electron chi connectivity index (χ2n) is 6.34. The van der Waals surface area contributed by atoms with Crippen molar-refractivity contribution >= 4 is 23.1 Å². The topological polar surface area (TPSA) is 101 Å². The van der Waals surface area contributed by atoms with Crippen LogP contribution in [0.25, 0.3) is 11.0 Å². The van der Waals surface area contributed by atoms with Crippen molar-refractivity contribution in [3.63, 3.8) is 0 Å². The van der Waals surface area contributed by atoms with Crippen molar-refractivity contribution in [2.75, 3.05) is 6.61 Å². The molecule has 0 aliphatic rings. The highest BCUT2D eigenvalue weighted by Gasteiger charge is 2.07. The minimum atomic E-state index is -0.478. The van der Waals surface area contributed by atoms with Gasteiger partial charge in [0.1, 0.15) is 17.1 Å². The van der Waals surface area contributed by atoms with Gasteiger partial charge in [-0.25, -0.2) is 10.2 Å². The van der Waals surface area contributed by atoms with Gasteiger partial charge in [-0.2, -0.15) is 5.10 Å². The Kier molecular flexibility index (Phi) is 6.09. The lowest BCUT2D eigenvalue weighted by Gasteiger charge is -2.07. The van der Waals surface area contributed by atoms with E-state index in [1.807, 2.05) is 6.92 Å². The minimum Gasteiger partial charge on any atom is -0.507 e. The van der Waals surface area contributed by atoms with Gasteiger partial charge in [-0.15, -0.1) is 6.58 Å². The molecule has 7 heteroatoms. The first-order chi connectivity index (χ1) is 14.0. The fourth-order valence-corrected chi connectivity index (χ4v) is 2.79. The molecular formula is C22H20N2O5. The van der Waals surface area contributed by atoms with Crippen molar-refractivity contribution in [3.05, 3.63) is 82.2 Å². The standard InChI is InChI=1S/C22H20N2O5/c1-3-5-15-6-4-7-16(22(15)27)12-23-24-20(25)13-28-17-8-9-18-14(2)10-21(26)29-19(18)11-17/h3-4,6-12,27H,1,5,13H2,2H3,(H,24,25). The molecule has 3 rings (SSSR count). The van der Waals surface area contributed by atoms with Gasteiger partial charge in [-0.05, 0) is 42.7 Å². The number of amides is 1. The number of benzene rings is 2. The molecule has 0 bridgehead atoms. The number of aryl methyl sites for hydroxylation is 1. The maximum absolute atomic E-state index is 11.9. The van der Waals surface area contributed by atoms with Crippen molar-refractivity contribution in [3.8, 4) is 11.5 Å². The van der Waals surface area contributed by atoms with Gasteiger partial charge in [0.15, 0.2) is 6.61 Å². The number of fused-ring (bicyclic) bond motifs is 1. The number of phenols is 1. The van der Waals surface area contributed by atoms with Gasteiger partial charge in [-0.1, -0.05) is 18.2 Å². The van der Waals surface area contributed by atoms with Crippen LogP contribution in [0.3, 0.4) is 0 Å². The van der Waals surface area contributed by atoms with E-state index in [0.717, 1.165) is 16.5 Å². The zero-order chi connectivity index (χ0) is 20.8. The predicted octanol–water partition coefficient (Wildman–Crippen LogP) is 3.06. The van der Waals surface area contributed by atoms with Crippen molar-refractivity contribution in [1.29, 1.82) is 0 Å². The molecule has 0 saturated carbocycles. The number of nitrogens with zero attached hydrogens (tertiary/aromatic N) is 1. The third-order valence-corrected chi connectivity index (χ3v) is 4.20. The van der Waals surface area contributed by atoms with Crippen LogP contribution in [0.15, 0.2) is 69.4 Å². The second-order valence-corrected chi connectivity index (χ2v) is 6.34. The number of aromatic hydroxyl groups is 1. The molecule has 7 nitrogen and oxygen atoms in total. The van der Waals surface area contributed by atoms with Crippen LogP contribution in [0.2, 0.25) is 0 Å². The minimum absolute atomic E-state index is 0.0922. The van der Waals surface area contributed by atoms with Gasteiger partial charge in [0.25, 0.3) is 5.91 Å². The number of hydrazone groups is 1. The van der Waals surface area contributed by atoms with Gasteiger partial charge in [-0.3, -0.25) is 4.79 Å². The Balaban J connectivity index is 1.60. The predicted molar refractivity (Wildman–Crippen MR) is 110 cm³/mol. The number of ether oxygens (including phenoxy) is 1. The van der Waals surface area contributed by atoms with Gasteiger partial charge in [0, 0.05) is 23.1 Å². The number of rotatable bonds is 7. The zero-order valence-corrected chi connectivity index (χ0v) is 15.8. The van der Waals surface area contributed by atoms with E-state index in [9.17, 15) is 14.7 Å². The van der Waals surface area contributed by atoms with Gasteiger partial charge >= 0.3 is 5.63 Å². The molecule has 29 heavy (non-hydrogen) atoms. The molecule has 2 aromatic carbocycles. The van der Waals surface area contributed by atoms with Crippen molar-refractivity contribution in [2.24, 2.45) is 5.10 Å². The van der Waals surface area contributed by atoms with Crippen LogP contribution in [0.5, 0.6) is 11.5 Å². The summed E-state index contributed by atoms with van der Waals surface area (Å²) in [5, 5.41) is 14.8. The first-order valence-corrected chi connectivity index (χ1v) is 8.89. The zero-order valence-electron chi connectivity index (χ0n) is 15.8. The molecule has 0 radical (unpaired) electrons. The lowest BCUT2D eigenvalue weighted by atomic mass is 10.1. The molecule has 1 amide bonds. The van der Waals surface area contributed by atoms with Crippen LogP contribution in [-0.4, -0.2) is 23.8 Å². The maximum atomic E-state index is 11.9. The highest BCUT2D eigenvalue weighted by molar-refractivity contribution is 5.86. The number of carbonyl (C=O) groups is 1. The third kappa shape index (κ3) is 4.90. The quantitative estimate of drug-likeness (QED) is 0.279. The highest BCUT2D eigenvalue weighted by Crippen LogP contribution is 2.22. The molecule has 0 spiro atoms. The molecule has 0 atom stereocenters. The maximum Gasteiger partial charge on any atom is 0.336 e. The van der Waals surface area contributed by atoms with Crippen LogP contribution in [-0.2, 0) is 11.2 Å². The number of para-hydroxylation sites is 1. The number of hydrogen-bond acceptors (Lipinski definition) is 6. The SMILES string of the molecule is C=CCc1cccc(C=NNC(=O)COc2ccc3c(C)cc(=O)oc3c2)c1O. The van der Waals surface area contributed by atoms with E-state index >= 15 is 0 Å². The summed E-state index contributed by atoms with van der Waals surface area (Å²) in [6.07, 6.45) is 3.57. The van der Waals surface area contributed by atoms with Gasteiger partial charge < -0.3 is 14.3 Å². The summed E-state index contributed by atoms with van der Waals surface area (Å²) in [6.45, 7) is 5.18. The lowest BCUT2D eigenvalue weighted by molar-refractivity contribution is -0.123. The fourth-order valence-electron chi connectivity index (χ4n) is 2.79. The molecule has 0 saturated heterocycles. The first-order valence-electron chi connectivity index (χ1n) is 8.89. The lowest BCUT2D eigenvalue weighted by Crippen LogP contribution is -2.24. The Morgan fingerprint density at radius 2 is 2.14 bits per heavy atom. The Hall–Kier alpha value is -3.87. The first kappa shape index (κ1) is 19.9. The van der Waals surface area contributed by atoms with E-state index in [1.165, 1.54) is 12.3 Å². The molecule has 0 aliphatic heterocycles. The molecule has 0 aliphatic carbocycles. The average molecular weight is 392 g/mol. The monoisotopic (exact) mass is 392 g/mol. The number of nitrogens with one attached hydrogen (secondary N) is 1. The summed E-state index contributed by atoms with van der Waals surface area (Å²) in [5.41, 5.74) is 4.28. The summed E-state index contributed by atoms with van der Waals surface area (Å²) in [6, 6.07) is 11.7. The van der Waals surface area contributed by atoms with Crippen LogP contribution < -0.4 is 15.8 Å². The Morgan fingerprint density at radius 3 is 2.93 bits per heavy atom. The fraction of sp³-hybridized carbons (Fsp3) is 0.136. The Labute approximate surface area is 166 Å². The molecule has 1 heterocycles. The van der Waals surface area contributed by atoms with Crippen LogP contribution in [0.4, 0.5) is 0 Å². The normalized spacial score (nSPS) is 10.9. The molecule has 2 N–H and O–H groups in total. The summed E-state index contributed by atoms with van der Waals surface area (Å²) < 4.78 is 10.6. The third-order valence-electron chi connectivity index (χ3n) is 4.20. The van der Waals surface area contributed by atoms with E-state index in [0.29, 0.717) is 23.3 Å². The number of phenolic OH excluding ortho intramolecular Hbond substituents is 1. The van der Waals surface area contributed by atoms with Crippen LogP contribution in [0, 0.1) is 6.92 Å². The summed E-state index contributed by atoms with van der Waals surface area (Å²) >= 11 is 0. The van der Waals surface area contributed by atoms with E-state index < -0.39 is 11.5 Å². The van der Waals surface area contributed by atoms with E-state index in [1.54, 1.807) is 42.5 Å². The Morgan fingerprint density at radius 1 is 1.31 bits per heavy atom. The molecular weight excluding hydrogens is 372 g/mol. The molecule has 0 unspecified atom stereocenters. The molecule has 148 valence electrons. The summed E-state index contributed by atoms with van der Waals surface area (Å²) in [4.78, 5) is 23.4. The van der Waals surface area contributed by atoms with E-state index in [2.05, 4.69) is 17.1 Å². The van der Waals surface area contributed by atoms with Crippen molar-refractivity contribution in [1.82, 2.24) is 5.43 Å². The van der Waals surface area contributed by atoms with E-state index in [-0.39, 0.29) is 12.4 Å². The van der Waals surface area contributed by atoms with Gasteiger partial charge in [0.2, 0.25) is 0 Å². The largest absolute Gasteiger partial charge is 0.507 e. The smallest absolute Gasteiger partial charge is 0.336 e. The van der Waals surface area contributed by atoms with Crippen LogP contribution in [0.1, 0.15) is 16.7 Å².